The number of halogens is 1. The molecule has 4 heteroatoms. The van der Waals surface area contributed by atoms with E-state index in [9.17, 15) is 4.79 Å². The average molecular weight is 238 g/mol. The molecule has 0 radical (unpaired) electrons. The third-order valence-electron chi connectivity index (χ3n) is 2.06. The Morgan fingerprint density at radius 2 is 2.27 bits per heavy atom. The molecular formula is C11H8ClNOS. The minimum Gasteiger partial charge on any atom is -0.288 e. The van der Waals surface area contributed by atoms with Crippen molar-refractivity contribution >= 4 is 28.7 Å². The van der Waals surface area contributed by atoms with Crippen LogP contribution in [0.15, 0.2) is 29.8 Å². The van der Waals surface area contributed by atoms with Gasteiger partial charge in [-0.1, -0.05) is 11.6 Å². The Morgan fingerprint density at radius 3 is 2.87 bits per heavy atom. The van der Waals surface area contributed by atoms with E-state index in [1.54, 1.807) is 18.3 Å². The van der Waals surface area contributed by atoms with E-state index in [-0.39, 0.29) is 5.78 Å². The van der Waals surface area contributed by atoms with Crippen molar-refractivity contribution in [3.05, 3.63) is 50.9 Å². The standard InChI is InChI=1S/C11H8ClNOS/c1-7-3-5-15-11(7)10(14)8-2-4-13-9(12)6-8/h2-6H,1H3. The molecule has 0 fully saturated rings. The first-order valence-electron chi connectivity index (χ1n) is 4.39. The quantitative estimate of drug-likeness (QED) is 0.592. The fourth-order valence-corrected chi connectivity index (χ4v) is 2.34. The highest BCUT2D eigenvalue weighted by Gasteiger charge is 2.13. The molecule has 0 saturated carbocycles. The van der Waals surface area contributed by atoms with Crippen LogP contribution in [-0.2, 0) is 0 Å². The largest absolute Gasteiger partial charge is 0.288 e. The summed E-state index contributed by atoms with van der Waals surface area (Å²) in [5, 5.41) is 2.25. The Labute approximate surface area is 96.5 Å². The maximum atomic E-state index is 12.0. The highest BCUT2D eigenvalue weighted by atomic mass is 35.5. The molecule has 0 aromatic carbocycles. The maximum absolute atomic E-state index is 12.0. The van der Waals surface area contributed by atoms with Gasteiger partial charge < -0.3 is 0 Å². The number of carbonyl (C=O) groups excluding carboxylic acids is 1. The van der Waals surface area contributed by atoms with Gasteiger partial charge in [-0.2, -0.15) is 0 Å². The molecule has 0 unspecified atom stereocenters. The Hall–Kier alpha value is -1.19. The molecule has 0 spiro atoms. The smallest absolute Gasteiger partial charge is 0.203 e. The molecule has 2 rings (SSSR count). The zero-order chi connectivity index (χ0) is 10.8. The lowest BCUT2D eigenvalue weighted by molar-refractivity contribution is 0.104. The summed E-state index contributed by atoms with van der Waals surface area (Å²) in [6.07, 6.45) is 1.54. The van der Waals surface area contributed by atoms with Crippen LogP contribution < -0.4 is 0 Å². The van der Waals surface area contributed by atoms with Crippen molar-refractivity contribution < 1.29 is 4.79 Å². The van der Waals surface area contributed by atoms with Gasteiger partial charge in [-0.05, 0) is 36.1 Å². The first-order chi connectivity index (χ1) is 7.18. The van der Waals surface area contributed by atoms with Gasteiger partial charge in [0.2, 0.25) is 5.78 Å². The summed E-state index contributed by atoms with van der Waals surface area (Å²) in [5.74, 6) is 0.00630. The number of hydrogen-bond acceptors (Lipinski definition) is 3. The summed E-state index contributed by atoms with van der Waals surface area (Å²) in [6, 6.07) is 5.19. The fourth-order valence-electron chi connectivity index (χ4n) is 1.28. The predicted octanol–water partition coefficient (Wildman–Crippen LogP) is 3.34. The number of aryl methyl sites for hydroxylation is 1. The molecule has 0 N–H and O–H groups in total. The van der Waals surface area contributed by atoms with E-state index >= 15 is 0 Å². The Morgan fingerprint density at radius 1 is 1.47 bits per heavy atom. The van der Waals surface area contributed by atoms with Crippen molar-refractivity contribution in [3.63, 3.8) is 0 Å². The average Bonchev–Trinajstić information content (AvgIpc) is 2.63. The third-order valence-corrected chi connectivity index (χ3v) is 3.28. The number of ketones is 1. The molecule has 76 valence electrons. The fraction of sp³-hybridized carbons (Fsp3) is 0.0909. The summed E-state index contributed by atoms with van der Waals surface area (Å²) in [6.45, 7) is 1.92. The van der Waals surface area contributed by atoms with Crippen LogP contribution in [0.2, 0.25) is 5.15 Å². The van der Waals surface area contributed by atoms with Crippen molar-refractivity contribution in [2.75, 3.05) is 0 Å². The third kappa shape index (κ3) is 2.08. The molecule has 2 aromatic rings. The van der Waals surface area contributed by atoms with Gasteiger partial charge in [0, 0.05) is 11.8 Å². The van der Waals surface area contributed by atoms with E-state index in [1.807, 2.05) is 18.4 Å². The van der Waals surface area contributed by atoms with E-state index in [1.165, 1.54) is 11.3 Å². The van der Waals surface area contributed by atoms with Crippen LogP contribution >= 0.6 is 22.9 Å². The molecule has 0 saturated heterocycles. The Bertz CT molecular complexity index is 507. The second-order valence-electron chi connectivity index (χ2n) is 3.13. The van der Waals surface area contributed by atoms with Crippen LogP contribution in [0.4, 0.5) is 0 Å². The lowest BCUT2D eigenvalue weighted by Gasteiger charge is -1.99. The first kappa shape index (κ1) is 10.3. The first-order valence-corrected chi connectivity index (χ1v) is 5.64. The van der Waals surface area contributed by atoms with Gasteiger partial charge in [0.15, 0.2) is 0 Å². The highest BCUT2D eigenvalue weighted by Crippen LogP contribution is 2.20. The minimum atomic E-state index is 0.00630. The molecule has 0 amide bonds. The molecule has 0 aliphatic heterocycles. The minimum absolute atomic E-state index is 0.00630. The molecule has 0 atom stereocenters. The molecule has 2 heterocycles. The Balaban J connectivity index is 2.41. The number of nitrogens with zero attached hydrogens (tertiary/aromatic N) is 1. The highest BCUT2D eigenvalue weighted by molar-refractivity contribution is 7.12. The lowest BCUT2D eigenvalue weighted by Crippen LogP contribution is -2.00. The van der Waals surface area contributed by atoms with Gasteiger partial charge in [0.25, 0.3) is 0 Å². The zero-order valence-corrected chi connectivity index (χ0v) is 9.60. The van der Waals surface area contributed by atoms with Gasteiger partial charge in [-0.3, -0.25) is 4.79 Å². The van der Waals surface area contributed by atoms with Crippen LogP contribution in [0.1, 0.15) is 20.8 Å². The van der Waals surface area contributed by atoms with Gasteiger partial charge in [-0.15, -0.1) is 11.3 Å². The van der Waals surface area contributed by atoms with Gasteiger partial charge >= 0.3 is 0 Å². The summed E-state index contributed by atoms with van der Waals surface area (Å²) in [4.78, 5) is 16.6. The van der Waals surface area contributed by atoms with E-state index in [0.717, 1.165) is 10.4 Å². The van der Waals surface area contributed by atoms with E-state index in [0.29, 0.717) is 10.7 Å². The number of hydrogen-bond donors (Lipinski definition) is 0. The molecule has 2 nitrogen and oxygen atoms in total. The summed E-state index contributed by atoms with van der Waals surface area (Å²) in [5.41, 5.74) is 1.58. The second-order valence-corrected chi connectivity index (χ2v) is 4.43. The van der Waals surface area contributed by atoms with E-state index < -0.39 is 0 Å². The zero-order valence-electron chi connectivity index (χ0n) is 8.03. The number of thiophene rings is 1. The monoisotopic (exact) mass is 237 g/mol. The topological polar surface area (TPSA) is 30.0 Å². The van der Waals surface area contributed by atoms with Gasteiger partial charge in [-0.25, -0.2) is 4.98 Å². The molecule has 2 aromatic heterocycles. The number of carbonyl (C=O) groups is 1. The van der Waals surface area contributed by atoms with Gasteiger partial charge in [0.1, 0.15) is 5.15 Å². The summed E-state index contributed by atoms with van der Waals surface area (Å²) >= 11 is 7.18. The van der Waals surface area contributed by atoms with Crippen LogP contribution in [0, 0.1) is 6.92 Å². The van der Waals surface area contributed by atoms with E-state index in [4.69, 9.17) is 11.6 Å². The summed E-state index contributed by atoms with van der Waals surface area (Å²) in [7, 11) is 0. The number of rotatable bonds is 2. The molecule has 0 aliphatic carbocycles. The van der Waals surface area contributed by atoms with Crippen molar-refractivity contribution in [1.29, 1.82) is 0 Å². The molecular weight excluding hydrogens is 230 g/mol. The lowest BCUT2D eigenvalue weighted by atomic mass is 10.1. The van der Waals surface area contributed by atoms with Gasteiger partial charge in [0.05, 0.1) is 4.88 Å². The van der Waals surface area contributed by atoms with Crippen molar-refractivity contribution in [1.82, 2.24) is 4.98 Å². The normalized spacial score (nSPS) is 10.3. The number of pyridine rings is 1. The Kier molecular flexibility index (Phi) is 2.84. The predicted molar refractivity (Wildman–Crippen MR) is 61.7 cm³/mol. The van der Waals surface area contributed by atoms with Crippen molar-refractivity contribution in [2.45, 2.75) is 6.92 Å². The maximum Gasteiger partial charge on any atom is 0.203 e. The molecule has 15 heavy (non-hydrogen) atoms. The van der Waals surface area contributed by atoms with Crippen LogP contribution in [0.3, 0.4) is 0 Å². The van der Waals surface area contributed by atoms with E-state index in [2.05, 4.69) is 4.98 Å². The second kappa shape index (κ2) is 4.13. The molecule has 0 bridgehead atoms. The van der Waals surface area contributed by atoms with Crippen LogP contribution in [-0.4, -0.2) is 10.8 Å². The van der Waals surface area contributed by atoms with Crippen molar-refractivity contribution in [3.8, 4) is 0 Å². The molecule has 0 aliphatic rings. The summed E-state index contributed by atoms with van der Waals surface area (Å²) < 4.78 is 0. The van der Waals surface area contributed by atoms with Crippen LogP contribution in [0.25, 0.3) is 0 Å². The SMILES string of the molecule is Cc1ccsc1C(=O)c1ccnc(Cl)c1. The number of aromatic nitrogens is 1. The van der Waals surface area contributed by atoms with Crippen LogP contribution in [0.5, 0.6) is 0 Å². The van der Waals surface area contributed by atoms with Crippen molar-refractivity contribution in [2.24, 2.45) is 0 Å².